The first-order chi connectivity index (χ1) is 11.1. The van der Waals surface area contributed by atoms with E-state index in [9.17, 15) is 4.39 Å². The Morgan fingerprint density at radius 3 is 2.39 bits per heavy atom. The van der Waals surface area contributed by atoms with Crippen LogP contribution in [0.4, 0.5) is 4.39 Å². The summed E-state index contributed by atoms with van der Waals surface area (Å²) in [5.74, 6) is 1.61. The van der Waals surface area contributed by atoms with Gasteiger partial charge in [0.15, 0.2) is 5.82 Å². The molecule has 124 valence electrons. The van der Waals surface area contributed by atoms with E-state index in [4.69, 9.17) is 4.52 Å². The number of piperazine rings is 1. The van der Waals surface area contributed by atoms with Gasteiger partial charge in [0, 0.05) is 32.7 Å². The molecule has 5 nitrogen and oxygen atoms in total. The third kappa shape index (κ3) is 4.36. The highest BCUT2D eigenvalue weighted by Gasteiger charge is 2.20. The maximum atomic E-state index is 13.0. The van der Waals surface area contributed by atoms with Crippen molar-refractivity contribution in [3.05, 3.63) is 47.4 Å². The molecule has 0 amide bonds. The SMILES string of the molecule is Cc1noc(CN2CCN(C[C@@H](C)c3ccc(F)cc3)CC2)n1. The Balaban J connectivity index is 1.46. The first kappa shape index (κ1) is 16.1. The first-order valence-corrected chi connectivity index (χ1v) is 8.09. The predicted molar refractivity (Wildman–Crippen MR) is 85.6 cm³/mol. The van der Waals surface area contributed by atoms with Gasteiger partial charge in [0.2, 0.25) is 5.89 Å². The van der Waals surface area contributed by atoms with Crippen molar-refractivity contribution in [1.29, 1.82) is 0 Å². The third-order valence-electron chi connectivity index (χ3n) is 4.36. The Bertz CT molecular complexity index is 620. The molecule has 1 aromatic heterocycles. The highest BCUT2D eigenvalue weighted by atomic mass is 19.1. The fourth-order valence-corrected chi connectivity index (χ4v) is 3.01. The predicted octanol–water partition coefficient (Wildman–Crippen LogP) is 2.44. The number of rotatable bonds is 5. The second-order valence-electron chi connectivity index (χ2n) is 6.26. The average Bonchev–Trinajstić information content (AvgIpc) is 2.95. The van der Waals surface area contributed by atoms with Gasteiger partial charge in [0.1, 0.15) is 5.82 Å². The number of aryl methyl sites for hydroxylation is 1. The second kappa shape index (κ2) is 7.19. The lowest BCUT2D eigenvalue weighted by Gasteiger charge is -2.35. The van der Waals surface area contributed by atoms with Crippen LogP contribution in [-0.2, 0) is 6.54 Å². The van der Waals surface area contributed by atoms with E-state index < -0.39 is 0 Å². The van der Waals surface area contributed by atoms with Crippen LogP contribution in [0.25, 0.3) is 0 Å². The van der Waals surface area contributed by atoms with Gasteiger partial charge in [0.05, 0.1) is 6.54 Å². The molecule has 3 rings (SSSR count). The summed E-state index contributed by atoms with van der Waals surface area (Å²) in [5, 5.41) is 3.83. The van der Waals surface area contributed by atoms with Crippen molar-refractivity contribution in [2.75, 3.05) is 32.7 Å². The van der Waals surface area contributed by atoms with Gasteiger partial charge in [-0.3, -0.25) is 4.90 Å². The molecule has 0 N–H and O–H groups in total. The zero-order valence-corrected chi connectivity index (χ0v) is 13.7. The van der Waals surface area contributed by atoms with Crippen LogP contribution in [0.2, 0.25) is 0 Å². The number of hydrogen-bond acceptors (Lipinski definition) is 5. The summed E-state index contributed by atoms with van der Waals surface area (Å²) in [6.07, 6.45) is 0. The summed E-state index contributed by atoms with van der Waals surface area (Å²) in [7, 11) is 0. The quantitative estimate of drug-likeness (QED) is 0.847. The van der Waals surface area contributed by atoms with Crippen molar-refractivity contribution in [2.24, 2.45) is 0 Å². The largest absolute Gasteiger partial charge is 0.338 e. The highest BCUT2D eigenvalue weighted by Crippen LogP contribution is 2.18. The van der Waals surface area contributed by atoms with Crippen LogP contribution in [0.1, 0.15) is 30.1 Å². The van der Waals surface area contributed by atoms with E-state index in [0.29, 0.717) is 17.6 Å². The Morgan fingerprint density at radius 1 is 1.13 bits per heavy atom. The molecule has 6 heteroatoms. The molecule has 1 saturated heterocycles. The van der Waals surface area contributed by atoms with Gasteiger partial charge in [-0.1, -0.05) is 24.2 Å². The summed E-state index contributed by atoms with van der Waals surface area (Å²) in [4.78, 5) is 9.06. The molecule has 0 radical (unpaired) electrons. The van der Waals surface area contributed by atoms with Crippen molar-refractivity contribution < 1.29 is 8.91 Å². The first-order valence-electron chi connectivity index (χ1n) is 8.09. The van der Waals surface area contributed by atoms with Gasteiger partial charge < -0.3 is 9.42 Å². The molecule has 2 heterocycles. The minimum atomic E-state index is -0.175. The fourth-order valence-electron chi connectivity index (χ4n) is 3.01. The molecular formula is C17H23FN4O. The van der Waals surface area contributed by atoms with Crippen molar-refractivity contribution in [3.8, 4) is 0 Å². The van der Waals surface area contributed by atoms with E-state index in [2.05, 4.69) is 26.9 Å². The summed E-state index contributed by atoms with van der Waals surface area (Å²) in [6.45, 7) is 9.80. The molecule has 0 unspecified atom stereocenters. The molecule has 0 spiro atoms. The van der Waals surface area contributed by atoms with Crippen LogP contribution in [0, 0.1) is 12.7 Å². The fraction of sp³-hybridized carbons (Fsp3) is 0.529. The minimum Gasteiger partial charge on any atom is -0.338 e. The minimum absolute atomic E-state index is 0.175. The molecule has 23 heavy (non-hydrogen) atoms. The summed E-state index contributed by atoms with van der Waals surface area (Å²) >= 11 is 0. The molecule has 2 aromatic rings. The van der Waals surface area contributed by atoms with Crippen molar-refractivity contribution in [1.82, 2.24) is 19.9 Å². The zero-order chi connectivity index (χ0) is 16.2. The van der Waals surface area contributed by atoms with E-state index >= 15 is 0 Å². The number of hydrogen-bond donors (Lipinski definition) is 0. The lowest BCUT2D eigenvalue weighted by molar-refractivity contribution is 0.113. The average molecular weight is 318 g/mol. The van der Waals surface area contributed by atoms with E-state index in [1.54, 1.807) is 0 Å². The number of halogens is 1. The lowest BCUT2D eigenvalue weighted by atomic mass is 10.0. The number of benzene rings is 1. The maximum Gasteiger partial charge on any atom is 0.240 e. The molecule has 0 saturated carbocycles. The molecular weight excluding hydrogens is 295 g/mol. The van der Waals surface area contributed by atoms with Crippen molar-refractivity contribution >= 4 is 0 Å². The maximum absolute atomic E-state index is 13.0. The van der Waals surface area contributed by atoms with E-state index in [0.717, 1.165) is 39.3 Å². The monoisotopic (exact) mass is 318 g/mol. The van der Waals surface area contributed by atoms with Gasteiger partial charge in [-0.15, -0.1) is 0 Å². The third-order valence-corrected chi connectivity index (χ3v) is 4.36. The van der Waals surface area contributed by atoms with Crippen LogP contribution in [0.5, 0.6) is 0 Å². The number of nitrogens with zero attached hydrogens (tertiary/aromatic N) is 4. The molecule has 1 aliphatic rings. The van der Waals surface area contributed by atoms with E-state index in [-0.39, 0.29) is 5.82 Å². The molecule has 1 aliphatic heterocycles. The standard InChI is InChI=1S/C17H23FN4O/c1-13(15-3-5-16(18)6-4-15)11-21-7-9-22(10-8-21)12-17-19-14(2)20-23-17/h3-6,13H,7-12H2,1-2H3/t13-/m1/s1. The Hall–Kier alpha value is -1.79. The van der Waals surface area contributed by atoms with Gasteiger partial charge in [-0.05, 0) is 30.5 Å². The van der Waals surface area contributed by atoms with E-state index in [1.165, 1.54) is 17.7 Å². The molecule has 1 atom stereocenters. The van der Waals surface area contributed by atoms with Gasteiger partial charge >= 0.3 is 0 Å². The van der Waals surface area contributed by atoms with Crippen LogP contribution in [0.3, 0.4) is 0 Å². The Kier molecular flexibility index (Phi) is 5.03. The van der Waals surface area contributed by atoms with Crippen LogP contribution in [-0.4, -0.2) is 52.7 Å². The van der Waals surface area contributed by atoms with Crippen LogP contribution >= 0.6 is 0 Å². The Labute approximate surface area is 136 Å². The van der Waals surface area contributed by atoms with Crippen molar-refractivity contribution in [2.45, 2.75) is 26.3 Å². The zero-order valence-electron chi connectivity index (χ0n) is 13.7. The molecule has 1 fully saturated rings. The highest BCUT2D eigenvalue weighted by molar-refractivity contribution is 5.20. The van der Waals surface area contributed by atoms with Gasteiger partial charge in [-0.25, -0.2) is 4.39 Å². The topological polar surface area (TPSA) is 45.4 Å². The second-order valence-corrected chi connectivity index (χ2v) is 6.26. The molecule has 1 aromatic carbocycles. The molecule has 0 bridgehead atoms. The van der Waals surface area contributed by atoms with Crippen LogP contribution in [0.15, 0.2) is 28.8 Å². The summed E-state index contributed by atoms with van der Waals surface area (Å²) in [6, 6.07) is 6.84. The van der Waals surface area contributed by atoms with Gasteiger partial charge in [-0.2, -0.15) is 4.98 Å². The van der Waals surface area contributed by atoms with Gasteiger partial charge in [0.25, 0.3) is 0 Å². The summed E-state index contributed by atoms with van der Waals surface area (Å²) < 4.78 is 18.2. The normalized spacial score (nSPS) is 18.2. The molecule has 0 aliphatic carbocycles. The van der Waals surface area contributed by atoms with E-state index in [1.807, 2.05) is 19.1 Å². The van der Waals surface area contributed by atoms with Crippen LogP contribution < -0.4 is 0 Å². The van der Waals surface area contributed by atoms with Crippen molar-refractivity contribution in [3.63, 3.8) is 0 Å². The lowest BCUT2D eigenvalue weighted by Crippen LogP contribution is -2.46. The number of aromatic nitrogens is 2. The Morgan fingerprint density at radius 2 is 1.78 bits per heavy atom. The summed E-state index contributed by atoms with van der Waals surface area (Å²) in [5.41, 5.74) is 1.19. The smallest absolute Gasteiger partial charge is 0.240 e.